The van der Waals surface area contributed by atoms with Crippen molar-refractivity contribution in [2.24, 2.45) is 0 Å². The van der Waals surface area contributed by atoms with Gasteiger partial charge in [0, 0.05) is 11.4 Å². The third-order valence-electron chi connectivity index (χ3n) is 3.69. The maximum atomic E-state index is 12.1. The normalized spacial score (nSPS) is 12.2. The Morgan fingerprint density at radius 1 is 1.28 bits per heavy atom. The molecule has 25 heavy (non-hydrogen) atoms. The topological polar surface area (TPSA) is 81.2 Å². The summed E-state index contributed by atoms with van der Waals surface area (Å²) in [7, 11) is 0. The van der Waals surface area contributed by atoms with Gasteiger partial charge in [-0.3, -0.25) is 4.79 Å². The summed E-state index contributed by atoms with van der Waals surface area (Å²) in [6, 6.07) is 0.151. The summed E-state index contributed by atoms with van der Waals surface area (Å²) in [6.07, 6.45) is 0.889. The lowest BCUT2D eigenvalue weighted by Gasteiger charge is -2.11. The molecule has 0 radical (unpaired) electrons. The number of ether oxygens (including phenoxy) is 1. The van der Waals surface area contributed by atoms with E-state index in [1.165, 1.54) is 23.1 Å². The number of thiophene rings is 1. The molecule has 136 valence electrons. The summed E-state index contributed by atoms with van der Waals surface area (Å²) in [5.74, 6) is 0.530. The highest BCUT2D eigenvalue weighted by atomic mass is 32.2. The van der Waals surface area contributed by atoms with Crippen LogP contribution in [0.2, 0.25) is 0 Å². The first-order valence-electron chi connectivity index (χ1n) is 8.24. The van der Waals surface area contributed by atoms with Crippen molar-refractivity contribution in [1.82, 2.24) is 15.3 Å². The molecule has 1 N–H and O–H groups in total. The minimum absolute atomic E-state index is 0.0257. The van der Waals surface area contributed by atoms with Crippen LogP contribution in [-0.4, -0.2) is 40.2 Å². The molecule has 0 fully saturated rings. The molecule has 2 rings (SSSR count). The molecule has 0 spiro atoms. The highest BCUT2D eigenvalue weighted by Gasteiger charge is 2.21. The van der Waals surface area contributed by atoms with Gasteiger partial charge in [0.25, 0.3) is 0 Å². The number of carbonyl (C=O) groups is 2. The SMILES string of the molecule is CCOC(=O)c1sc2nc(C)nc(SCC(=O)N[C@H](C)CC)c2c1C. The maximum Gasteiger partial charge on any atom is 0.348 e. The molecule has 8 heteroatoms. The van der Waals surface area contributed by atoms with Gasteiger partial charge in [0.2, 0.25) is 5.91 Å². The predicted molar refractivity (Wildman–Crippen MR) is 101 cm³/mol. The Morgan fingerprint density at radius 3 is 2.64 bits per heavy atom. The molecule has 0 aliphatic rings. The second-order valence-electron chi connectivity index (χ2n) is 5.70. The molecule has 2 heterocycles. The average Bonchev–Trinajstić information content (AvgIpc) is 2.89. The molecule has 0 saturated heterocycles. The van der Waals surface area contributed by atoms with E-state index in [2.05, 4.69) is 15.3 Å². The Labute approximate surface area is 155 Å². The lowest BCUT2D eigenvalue weighted by molar-refractivity contribution is -0.119. The van der Waals surface area contributed by atoms with Gasteiger partial charge in [-0.2, -0.15) is 0 Å². The molecule has 1 atom stereocenters. The molecular weight excluding hydrogens is 358 g/mol. The van der Waals surface area contributed by atoms with Crippen LogP contribution in [0.1, 0.15) is 48.3 Å². The molecule has 6 nitrogen and oxygen atoms in total. The fourth-order valence-corrected chi connectivity index (χ4v) is 4.38. The van der Waals surface area contributed by atoms with Crippen LogP contribution < -0.4 is 5.32 Å². The van der Waals surface area contributed by atoms with Gasteiger partial charge in [-0.1, -0.05) is 18.7 Å². The summed E-state index contributed by atoms with van der Waals surface area (Å²) in [4.78, 5) is 34.4. The van der Waals surface area contributed by atoms with Crippen molar-refractivity contribution in [3.05, 3.63) is 16.3 Å². The molecule has 0 aliphatic heterocycles. The Hall–Kier alpha value is -1.67. The van der Waals surface area contributed by atoms with Crippen molar-refractivity contribution in [3.8, 4) is 0 Å². The van der Waals surface area contributed by atoms with E-state index in [0.29, 0.717) is 17.3 Å². The fraction of sp³-hybridized carbons (Fsp3) is 0.529. The van der Waals surface area contributed by atoms with Gasteiger partial charge >= 0.3 is 5.97 Å². The van der Waals surface area contributed by atoms with Crippen LogP contribution in [-0.2, 0) is 9.53 Å². The Morgan fingerprint density at radius 2 is 2.00 bits per heavy atom. The van der Waals surface area contributed by atoms with Crippen molar-refractivity contribution < 1.29 is 14.3 Å². The number of carbonyl (C=O) groups excluding carboxylic acids is 2. The van der Waals surface area contributed by atoms with E-state index in [1.54, 1.807) is 6.92 Å². The number of nitrogens with one attached hydrogen (secondary N) is 1. The fourth-order valence-electron chi connectivity index (χ4n) is 2.25. The maximum absolute atomic E-state index is 12.1. The summed E-state index contributed by atoms with van der Waals surface area (Å²) in [5, 5.41) is 4.50. The van der Waals surface area contributed by atoms with Crippen molar-refractivity contribution in [2.75, 3.05) is 12.4 Å². The minimum atomic E-state index is -0.342. The van der Waals surface area contributed by atoms with Crippen molar-refractivity contribution >= 4 is 45.2 Å². The number of amides is 1. The van der Waals surface area contributed by atoms with Crippen LogP contribution in [0.25, 0.3) is 10.2 Å². The molecule has 0 saturated carbocycles. The monoisotopic (exact) mass is 381 g/mol. The molecule has 2 aromatic rings. The zero-order valence-corrected chi connectivity index (χ0v) is 16.8. The third kappa shape index (κ3) is 4.70. The Bertz CT molecular complexity index is 789. The van der Waals surface area contributed by atoms with Gasteiger partial charge in [0.1, 0.15) is 20.6 Å². The number of aryl methyl sites for hydroxylation is 2. The molecular formula is C17H23N3O3S2. The number of nitrogens with zero attached hydrogens (tertiary/aromatic N) is 2. The number of thioether (sulfide) groups is 1. The van der Waals surface area contributed by atoms with Crippen LogP contribution >= 0.6 is 23.1 Å². The Kier molecular flexibility index (Phi) is 6.78. The van der Waals surface area contributed by atoms with Gasteiger partial charge in [-0.15, -0.1) is 11.3 Å². The standard InChI is InChI=1S/C17H23N3O3S2/c1-6-9(3)18-12(21)8-24-15-13-10(4)14(17(22)23-7-2)25-16(13)20-11(5)19-15/h9H,6-8H2,1-5H3,(H,18,21)/t9-/m1/s1. The predicted octanol–water partition coefficient (Wildman–Crippen LogP) is 3.49. The van der Waals surface area contributed by atoms with Gasteiger partial charge in [0.05, 0.1) is 12.4 Å². The highest BCUT2D eigenvalue weighted by Crippen LogP contribution is 2.35. The number of esters is 1. The van der Waals surface area contributed by atoms with E-state index in [-0.39, 0.29) is 23.7 Å². The largest absolute Gasteiger partial charge is 0.462 e. The van der Waals surface area contributed by atoms with Gasteiger partial charge < -0.3 is 10.1 Å². The quantitative estimate of drug-likeness (QED) is 0.449. The van der Waals surface area contributed by atoms with Gasteiger partial charge in [-0.25, -0.2) is 14.8 Å². The first-order valence-corrected chi connectivity index (χ1v) is 10.0. The number of fused-ring (bicyclic) bond motifs is 1. The first-order chi connectivity index (χ1) is 11.9. The highest BCUT2D eigenvalue weighted by molar-refractivity contribution is 8.00. The van der Waals surface area contributed by atoms with E-state index >= 15 is 0 Å². The van der Waals surface area contributed by atoms with Crippen LogP contribution in [0.3, 0.4) is 0 Å². The molecule has 0 aliphatic carbocycles. The molecule has 0 unspecified atom stereocenters. The van der Waals surface area contributed by atoms with Gasteiger partial charge in [0.15, 0.2) is 0 Å². The van der Waals surface area contributed by atoms with Crippen molar-refractivity contribution in [3.63, 3.8) is 0 Å². The van der Waals surface area contributed by atoms with Crippen LogP contribution in [0, 0.1) is 13.8 Å². The van der Waals surface area contributed by atoms with E-state index < -0.39 is 0 Å². The number of hydrogen-bond acceptors (Lipinski definition) is 7. The molecule has 1 amide bonds. The van der Waals surface area contributed by atoms with Crippen LogP contribution in [0.15, 0.2) is 5.03 Å². The first kappa shape index (κ1) is 19.7. The summed E-state index contributed by atoms with van der Waals surface area (Å²) in [6.45, 7) is 9.79. The van der Waals surface area contributed by atoms with Gasteiger partial charge in [-0.05, 0) is 39.7 Å². The number of rotatable bonds is 7. The number of hydrogen-bond donors (Lipinski definition) is 1. The molecule has 0 bridgehead atoms. The Balaban J connectivity index is 2.30. The van der Waals surface area contributed by atoms with Crippen LogP contribution in [0.5, 0.6) is 0 Å². The lowest BCUT2D eigenvalue weighted by atomic mass is 10.2. The minimum Gasteiger partial charge on any atom is -0.462 e. The second-order valence-corrected chi connectivity index (χ2v) is 7.66. The van der Waals surface area contributed by atoms with E-state index in [4.69, 9.17) is 4.74 Å². The number of aromatic nitrogens is 2. The van der Waals surface area contributed by atoms with E-state index in [9.17, 15) is 9.59 Å². The summed E-state index contributed by atoms with van der Waals surface area (Å²) in [5.41, 5.74) is 0.809. The second kappa shape index (κ2) is 8.62. The van der Waals surface area contributed by atoms with Crippen molar-refractivity contribution in [1.29, 1.82) is 0 Å². The smallest absolute Gasteiger partial charge is 0.348 e. The summed E-state index contributed by atoms with van der Waals surface area (Å²) >= 11 is 2.68. The molecule has 2 aromatic heterocycles. The van der Waals surface area contributed by atoms with E-state index in [1.807, 2.05) is 27.7 Å². The van der Waals surface area contributed by atoms with Crippen LogP contribution in [0.4, 0.5) is 0 Å². The lowest BCUT2D eigenvalue weighted by Crippen LogP contribution is -2.33. The third-order valence-corrected chi connectivity index (χ3v) is 5.83. The average molecular weight is 382 g/mol. The van der Waals surface area contributed by atoms with E-state index in [0.717, 1.165) is 27.2 Å². The zero-order valence-electron chi connectivity index (χ0n) is 15.1. The van der Waals surface area contributed by atoms with Crippen molar-refractivity contribution in [2.45, 2.75) is 52.1 Å². The molecule has 0 aromatic carbocycles. The zero-order chi connectivity index (χ0) is 18.6. The summed E-state index contributed by atoms with van der Waals surface area (Å²) < 4.78 is 5.12.